The number of thioether (sulfide) groups is 1. The van der Waals surface area contributed by atoms with Gasteiger partial charge in [0.2, 0.25) is 0 Å². The molecule has 1 saturated heterocycles. The zero-order chi connectivity index (χ0) is 22.4. The molecule has 3 rings (SSSR count). The molecule has 2 aromatic carbocycles. The smallest absolute Gasteiger partial charge is 0.293 e. The summed E-state index contributed by atoms with van der Waals surface area (Å²) in [6, 6.07) is 11.8. The lowest BCUT2D eigenvalue weighted by molar-refractivity contribution is -0.122. The first-order chi connectivity index (χ1) is 14.9. The molecule has 0 radical (unpaired) electrons. The Kier molecular flexibility index (Phi) is 7.59. The molecular weight excluding hydrogens is 440 g/mol. The average Bonchev–Trinajstić information content (AvgIpc) is 3.02. The minimum absolute atomic E-state index is 0.0703. The van der Waals surface area contributed by atoms with E-state index in [1.165, 1.54) is 7.11 Å². The molecule has 1 fully saturated rings. The third-order valence-corrected chi connectivity index (χ3v) is 5.51. The van der Waals surface area contributed by atoms with Crippen LogP contribution in [0.15, 0.2) is 47.4 Å². The summed E-state index contributed by atoms with van der Waals surface area (Å²) in [7, 11) is 1.53. The van der Waals surface area contributed by atoms with Gasteiger partial charge in [-0.05, 0) is 60.7 Å². The number of nitrogens with zero attached hydrogens (tertiary/aromatic N) is 1. The van der Waals surface area contributed by atoms with Gasteiger partial charge in [-0.1, -0.05) is 23.7 Å². The topological polar surface area (TPSA) is 84.9 Å². The van der Waals surface area contributed by atoms with Crippen molar-refractivity contribution in [2.75, 3.05) is 26.8 Å². The Morgan fingerprint density at radius 3 is 2.71 bits per heavy atom. The van der Waals surface area contributed by atoms with Gasteiger partial charge in [-0.3, -0.25) is 19.3 Å². The number of halogens is 1. The summed E-state index contributed by atoms with van der Waals surface area (Å²) < 4.78 is 10.8. The Balaban J connectivity index is 1.63. The van der Waals surface area contributed by atoms with Gasteiger partial charge in [-0.2, -0.15) is 0 Å². The summed E-state index contributed by atoms with van der Waals surface area (Å²) in [5.41, 5.74) is 1.12. The fourth-order valence-electron chi connectivity index (χ4n) is 2.91. The Bertz CT molecular complexity index is 1040. The zero-order valence-electron chi connectivity index (χ0n) is 17.0. The predicted molar refractivity (Wildman–Crippen MR) is 121 cm³/mol. The van der Waals surface area contributed by atoms with Crippen LogP contribution in [0, 0.1) is 0 Å². The van der Waals surface area contributed by atoms with E-state index in [0.717, 1.165) is 16.7 Å². The molecule has 31 heavy (non-hydrogen) atoms. The van der Waals surface area contributed by atoms with Gasteiger partial charge in [0.15, 0.2) is 11.5 Å². The number of carbonyl (C=O) groups is 3. The second-order valence-electron chi connectivity index (χ2n) is 6.44. The number of nitrogens with one attached hydrogen (secondary N) is 1. The molecule has 1 N–H and O–H groups in total. The fourth-order valence-corrected chi connectivity index (χ4v) is 3.96. The lowest BCUT2D eigenvalue weighted by atomic mass is 10.2. The largest absolute Gasteiger partial charge is 0.493 e. The van der Waals surface area contributed by atoms with Crippen molar-refractivity contribution in [2.24, 2.45) is 0 Å². The standard InChI is InChI=1S/C22H21ClN2O5S/c1-3-30-17-8-7-14(11-18(17)29-2)12-19-21(27)25(22(28)31-19)10-9-24-20(26)15-5-4-6-16(23)13-15/h4-8,11-13H,3,9-10H2,1-2H3,(H,24,26)/b19-12-. The number of amides is 3. The van der Waals surface area contributed by atoms with Crippen LogP contribution in [0.2, 0.25) is 5.02 Å². The quantitative estimate of drug-likeness (QED) is 0.594. The number of carbonyl (C=O) groups excluding carboxylic acids is 3. The summed E-state index contributed by atoms with van der Waals surface area (Å²) in [5, 5.41) is 2.76. The zero-order valence-corrected chi connectivity index (χ0v) is 18.6. The molecule has 0 atom stereocenters. The predicted octanol–water partition coefficient (Wildman–Crippen LogP) is 4.21. The van der Waals surface area contributed by atoms with Crippen molar-refractivity contribution in [1.29, 1.82) is 0 Å². The molecule has 0 aliphatic carbocycles. The number of hydrogen-bond donors (Lipinski definition) is 1. The molecule has 9 heteroatoms. The van der Waals surface area contributed by atoms with Crippen LogP contribution in [0.1, 0.15) is 22.8 Å². The number of rotatable bonds is 8. The highest BCUT2D eigenvalue weighted by atomic mass is 35.5. The van der Waals surface area contributed by atoms with Crippen LogP contribution in [0.25, 0.3) is 6.08 Å². The van der Waals surface area contributed by atoms with Gasteiger partial charge in [0.05, 0.1) is 18.6 Å². The average molecular weight is 461 g/mol. The van der Waals surface area contributed by atoms with Crippen LogP contribution in [-0.4, -0.2) is 48.8 Å². The lowest BCUT2D eigenvalue weighted by Gasteiger charge is -2.13. The molecule has 1 aliphatic rings. The third-order valence-electron chi connectivity index (χ3n) is 4.37. The highest BCUT2D eigenvalue weighted by Gasteiger charge is 2.34. The van der Waals surface area contributed by atoms with E-state index in [1.807, 2.05) is 6.92 Å². The molecule has 0 unspecified atom stereocenters. The van der Waals surface area contributed by atoms with Crippen LogP contribution in [0.4, 0.5) is 4.79 Å². The van der Waals surface area contributed by atoms with E-state index < -0.39 is 5.91 Å². The normalized spacial score (nSPS) is 14.8. The van der Waals surface area contributed by atoms with Crippen molar-refractivity contribution in [1.82, 2.24) is 10.2 Å². The molecule has 0 aromatic heterocycles. The molecule has 3 amide bonds. The first-order valence-electron chi connectivity index (χ1n) is 9.53. The van der Waals surface area contributed by atoms with E-state index in [9.17, 15) is 14.4 Å². The summed E-state index contributed by atoms with van der Waals surface area (Å²) >= 11 is 6.75. The Hall–Kier alpha value is -2.97. The van der Waals surface area contributed by atoms with E-state index in [4.69, 9.17) is 21.1 Å². The molecular formula is C22H21ClN2O5S. The van der Waals surface area contributed by atoms with E-state index in [0.29, 0.717) is 39.2 Å². The molecule has 1 aliphatic heterocycles. The first-order valence-corrected chi connectivity index (χ1v) is 10.7. The number of ether oxygens (including phenoxy) is 2. The molecule has 162 valence electrons. The number of hydrogen-bond acceptors (Lipinski definition) is 6. The summed E-state index contributed by atoms with van der Waals surface area (Å²) in [6.45, 7) is 2.58. The monoisotopic (exact) mass is 460 g/mol. The van der Waals surface area contributed by atoms with Crippen molar-refractivity contribution in [2.45, 2.75) is 6.92 Å². The maximum absolute atomic E-state index is 12.7. The molecule has 0 bridgehead atoms. The fraction of sp³-hybridized carbons (Fsp3) is 0.227. The van der Waals surface area contributed by atoms with Gasteiger partial charge < -0.3 is 14.8 Å². The molecule has 2 aromatic rings. The van der Waals surface area contributed by atoms with E-state index in [2.05, 4.69) is 5.32 Å². The van der Waals surface area contributed by atoms with E-state index in [1.54, 1.807) is 48.5 Å². The van der Waals surface area contributed by atoms with Gasteiger partial charge in [-0.25, -0.2) is 0 Å². The molecule has 0 spiro atoms. The molecule has 0 saturated carbocycles. The maximum Gasteiger partial charge on any atom is 0.293 e. The van der Waals surface area contributed by atoms with Crippen molar-refractivity contribution in [3.05, 3.63) is 63.5 Å². The Labute approximate surface area is 189 Å². The summed E-state index contributed by atoms with van der Waals surface area (Å²) in [4.78, 5) is 38.5. The second-order valence-corrected chi connectivity index (χ2v) is 7.87. The van der Waals surface area contributed by atoms with Gasteiger partial charge >= 0.3 is 0 Å². The minimum atomic E-state index is -0.403. The van der Waals surface area contributed by atoms with Crippen LogP contribution < -0.4 is 14.8 Å². The molecule has 1 heterocycles. The van der Waals surface area contributed by atoms with Crippen LogP contribution >= 0.6 is 23.4 Å². The van der Waals surface area contributed by atoms with Gasteiger partial charge in [0.25, 0.3) is 17.1 Å². The lowest BCUT2D eigenvalue weighted by Crippen LogP contribution is -2.37. The molecule has 7 nitrogen and oxygen atoms in total. The van der Waals surface area contributed by atoms with Gasteiger partial charge in [0.1, 0.15) is 0 Å². The number of imide groups is 1. The SMILES string of the molecule is CCOc1ccc(/C=C2\SC(=O)N(CCNC(=O)c3cccc(Cl)c3)C2=O)cc1OC. The van der Waals surface area contributed by atoms with Crippen molar-refractivity contribution >= 4 is 46.5 Å². The third kappa shape index (κ3) is 5.59. The van der Waals surface area contributed by atoms with Crippen molar-refractivity contribution < 1.29 is 23.9 Å². The van der Waals surface area contributed by atoms with E-state index >= 15 is 0 Å². The second kappa shape index (κ2) is 10.4. The summed E-state index contributed by atoms with van der Waals surface area (Å²) in [6.07, 6.45) is 1.63. The highest BCUT2D eigenvalue weighted by Crippen LogP contribution is 2.34. The van der Waals surface area contributed by atoms with Crippen LogP contribution in [0.3, 0.4) is 0 Å². The number of benzene rings is 2. The number of methoxy groups -OCH3 is 1. The minimum Gasteiger partial charge on any atom is -0.493 e. The highest BCUT2D eigenvalue weighted by molar-refractivity contribution is 8.18. The van der Waals surface area contributed by atoms with E-state index in [-0.39, 0.29) is 24.2 Å². The van der Waals surface area contributed by atoms with Crippen LogP contribution in [0.5, 0.6) is 11.5 Å². The van der Waals surface area contributed by atoms with Crippen molar-refractivity contribution in [3.8, 4) is 11.5 Å². The Morgan fingerprint density at radius 2 is 2.00 bits per heavy atom. The van der Waals surface area contributed by atoms with Crippen molar-refractivity contribution in [3.63, 3.8) is 0 Å². The Morgan fingerprint density at radius 1 is 1.19 bits per heavy atom. The maximum atomic E-state index is 12.7. The van der Waals surface area contributed by atoms with Crippen LogP contribution in [-0.2, 0) is 4.79 Å². The van der Waals surface area contributed by atoms with Gasteiger partial charge in [0, 0.05) is 23.7 Å². The first kappa shape index (κ1) is 22.7. The summed E-state index contributed by atoms with van der Waals surface area (Å²) in [5.74, 6) is 0.413. The van der Waals surface area contributed by atoms with Gasteiger partial charge in [-0.15, -0.1) is 0 Å².